The van der Waals surface area contributed by atoms with Gasteiger partial charge in [0.2, 0.25) is 10.0 Å². The zero-order chi connectivity index (χ0) is 13.2. The summed E-state index contributed by atoms with van der Waals surface area (Å²) in [6.07, 6.45) is 1.43. The summed E-state index contributed by atoms with van der Waals surface area (Å²) >= 11 is 0. The lowest BCUT2D eigenvalue weighted by atomic mass is 10.1. The Morgan fingerprint density at radius 1 is 1.33 bits per heavy atom. The number of rotatable bonds is 3. The molecule has 6 heteroatoms. The van der Waals surface area contributed by atoms with Gasteiger partial charge in [0.05, 0.1) is 4.90 Å². The molecule has 1 heterocycles. The number of anilines is 1. The first-order chi connectivity index (χ1) is 8.49. The molecule has 1 aliphatic rings. The van der Waals surface area contributed by atoms with E-state index in [2.05, 4.69) is 4.72 Å². The van der Waals surface area contributed by atoms with Gasteiger partial charge in [-0.25, -0.2) is 13.1 Å². The smallest absolute Gasteiger partial charge is 0.241 e. The quantitative estimate of drug-likeness (QED) is 0.804. The summed E-state index contributed by atoms with van der Waals surface area (Å²) in [5.41, 5.74) is 6.85. The molecule has 1 aromatic rings. The average molecular weight is 270 g/mol. The van der Waals surface area contributed by atoms with E-state index < -0.39 is 10.0 Å². The molecule has 5 nitrogen and oxygen atoms in total. The van der Waals surface area contributed by atoms with Gasteiger partial charge in [0, 0.05) is 24.9 Å². The zero-order valence-electron chi connectivity index (χ0n) is 10.3. The van der Waals surface area contributed by atoms with Crippen molar-refractivity contribution in [2.75, 3.05) is 18.9 Å². The molecule has 1 aromatic carbocycles. The Kier molecular flexibility index (Phi) is 3.89. The van der Waals surface area contributed by atoms with Crippen LogP contribution in [-0.4, -0.2) is 27.7 Å². The molecule has 2 rings (SSSR count). The average Bonchev–Trinajstić information content (AvgIpc) is 2.29. The van der Waals surface area contributed by atoms with Crippen molar-refractivity contribution in [3.63, 3.8) is 0 Å². The first-order valence-electron chi connectivity index (χ1n) is 5.95. The second-order valence-electron chi connectivity index (χ2n) is 4.53. The first kappa shape index (κ1) is 13.3. The summed E-state index contributed by atoms with van der Waals surface area (Å²) in [5, 5.41) is 0. The largest absolute Gasteiger partial charge is 0.399 e. The normalized spacial score (nSPS) is 17.8. The molecule has 100 valence electrons. The standard InChI is InChI=1S/C12H18N2O3S/c1-9-8-10(13)2-3-12(9)18(15,16)14-11-4-6-17-7-5-11/h2-3,8,11,14H,4-7,13H2,1H3. The van der Waals surface area contributed by atoms with Gasteiger partial charge in [-0.15, -0.1) is 0 Å². The SMILES string of the molecule is Cc1cc(N)ccc1S(=O)(=O)NC1CCOCC1. The van der Waals surface area contributed by atoms with Crippen LogP contribution in [0.1, 0.15) is 18.4 Å². The number of hydrogen-bond acceptors (Lipinski definition) is 4. The third-order valence-corrected chi connectivity index (χ3v) is 4.71. The molecule has 1 saturated heterocycles. The molecule has 1 aliphatic heterocycles. The molecule has 0 amide bonds. The summed E-state index contributed by atoms with van der Waals surface area (Å²) in [6, 6.07) is 4.77. The lowest BCUT2D eigenvalue weighted by molar-refractivity contribution is 0.0832. The van der Waals surface area contributed by atoms with Gasteiger partial charge in [0.25, 0.3) is 0 Å². The lowest BCUT2D eigenvalue weighted by Crippen LogP contribution is -2.39. The minimum Gasteiger partial charge on any atom is -0.399 e. The van der Waals surface area contributed by atoms with Crippen LogP contribution in [0.15, 0.2) is 23.1 Å². The van der Waals surface area contributed by atoms with Crippen LogP contribution in [0.25, 0.3) is 0 Å². The van der Waals surface area contributed by atoms with Gasteiger partial charge in [-0.3, -0.25) is 0 Å². The predicted octanol–water partition coefficient (Wildman–Crippen LogP) is 1.03. The second kappa shape index (κ2) is 5.26. The van der Waals surface area contributed by atoms with Crippen molar-refractivity contribution in [1.29, 1.82) is 0 Å². The van der Waals surface area contributed by atoms with Crippen molar-refractivity contribution in [2.45, 2.75) is 30.7 Å². The number of nitrogens with two attached hydrogens (primary N) is 1. The molecule has 0 bridgehead atoms. The Balaban J connectivity index is 2.19. The van der Waals surface area contributed by atoms with E-state index >= 15 is 0 Å². The maximum Gasteiger partial charge on any atom is 0.241 e. The van der Waals surface area contributed by atoms with Gasteiger partial charge in [0.1, 0.15) is 0 Å². The monoisotopic (exact) mass is 270 g/mol. The summed E-state index contributed by atoms with van der Waals surface area (Å²) in [4.78, 5) is 0.295. The molecule has 0 radical (unpaired) electrons. The summed E-state index contributed by atoms with van der Waals surface area (Å²) in [7, 11) is -3.47. The van der Waals surface area contributed by atoms with Crippen LogP contribution in [0, 0.1) is 6.92 Å². The zero-order valence-corrected chi connectivity index (χ0v) is 11.2. The van der Waals surface area contributed by atoms with Gasteiger partial charge in [-0.1, -0.05) is 0 Å². The number of hydrogen-bond donors (Lipinski definition) is 2. The van der Waals surface area contributed by atoms with Crippen molar-refractivity contribution >= 4 is 15.7 Å². The molecule has 0 atom stereocenters. The van der Waals surface area contributed by atoms with E-state index in [0.717, 1.165) is 0 Å². The van der Waals surface area contributed by atoms with Gasteiger partial charge < -0.3 is 10.5 Å². The minimum atomic E-state index is -3.47. The fourth-order valence-corrected chi connectivity index (χ4v) is 3.60. The molecule has 0 aliphatic carbocycles. The van der Waals surface area contributed by atoms with Crippen LogP contribution in [0.5, 0.6) is 0 Å². The Bertz CT molecular complexity index is 522. The maximum atomic E-state index is 12.2. The van der Waals surface area contributed by atoms with E-state index in [4.69, 9.17) is 10.5 Å². The van der Waals surface area contributed by atoms with Gasteiger partial charge in [-0.2, -0.15) is 0 Å². The van der Waals surface area contributed by atoms with Crippen molar-refractivity contribution in [3.8, 4) is 0 Å². The Morgan fingerprint density at radius 2 is 2.00 bits per heavy atom. The maximum absolute atomic E-state index is 12.2. The van der Waals surface area contributed by atoms with Crippen LogP contribution >= 0.6 is 0 Å². The number of sulfonamides is 1. The van der Waals surface area contributed by atoms with E-state index in [0.29, 0.717) is 42.2 Å². The molecule has 0 unspecified atom stereocenters. The van der Waals surface area contributed by atoms with E-state index in [1.807, 2.05) is 0 Å². The van der Waals surface area contributed by atoms with Crippen LogP contribution in [0.3, 0.4) is 0 Å². The Hall–Kier alpha value is -1.11. The molecule has 3 N–H and O–H groups in total. The van der Waals surface area contributed by atoms with Crippen molar-refractivity contribution in [3.05, 3.63) is 23.8 Å². The summed E-state index contributed by atoms with van der Waals surface area (Å²) in [5.74, 6) is 0. The molecule has 0 aromatic heterocycles. The van der Waals surface area contributed by atoms with Gasteiger partial charge in [0.15, 0.2) is 0 Å². The van der Waals surface area contributed by atoms with Crippen molar-refractivity contribution in [1.82, 2.24) is 4.72 Å². The third-order valence-electron chi connectivity index (χ3n) is 3.03. The molecular formula is C12H18N2O3S. The van der Waals surface area contributed by atoms with Gasteiger partial charge in [-0.05, 0) is 43.5 Å². The number of ether oxygens (including phenoxy) is 1. The Morgan fingerprint density at radius 3 is 2.61 bits per heavy atom. The fourth-order valence-electron chi connectivity index (χ4n) is 2.07. The van der Waals surface area contributed by atoms with Gasteiger partial charge >= 0.3 is 0 Å². The number of benzene rings is 1. The summed E-state index contributed by atoms with van der Waals surface area (Å²) < 4.78 is 32.4. The summed E-state index contributed by atoms with van der Waals surface area (Å²) in [6.45, 7) is 2.96. The van der Waals surface area contributed by atoms with E-state index in [9.17, 15) is 8.42 Å². The first-order valence-corrected chi connectivity index (χ1v) is 7.43. The molecule has 18 heavy (non-hydrogen) atoms. The van der Waals surface area contributed by atoms with Crippen LogP contribution in [0.2, 0.25) is 0 Å². The number of nitrogens with one attached hydrogen (secondary N) is 1. The van der Waals surface area contributed by atoms with E-state index in [1.165, 1.54) is 0 Å². The van der Waals surface area contributed by atoms with E-state index in [1.54, 1.807) is 25.1 Å². The molecular weight excluding hydrogens is 252 g/mol. The molecule has 1 fully saturated rings. The third kappa shape index (κ3) is 3.01. The minimum absolute atomic E-state index is 0.0410. The fraction of sp³-hybridized carbons (Fsp3) is 0.500. The Labute approximate surface area is 107 Å². The van der Waals surface area contributed by atoms with Crippen LogP contribution in [0.4, 0.5) is 5.69 Å². The second-order valence-corrected chi connectivity index (χ2v) is 6.22. The van der Waals surface area contributed by atoms with Crippen LogP contribution in [-0.2, 0) is 14.8 Å². The number of nitrogen functional groups attached to an aromatic ring is 1. The van der Waals surface area contributed by atoms with Crippen molar-refractivity contribution < 1.29 is 13.2 Å². The highest BCUT2D eigenvalue weighted by atomic mass is 32.2. The highest BCUT2D eigenvalue weighted by Gasteiger charge is 2.23. The van der Waals surface area contributed by atoms with Crippen LogP contribution < -0.4 is 10.5 Å². The van der Waals surface area contributed by atoms with E-state index in [-0.39, 0.29) is 6.04 Å². The molecule has 0 spiro atoms. The highest BCUT2D eigenvalue weighted by molar-refractivity contribution is 7.89. The predicted molar refractivity (Wildman–Crippen MR) is 69.8 cm³/mol. The number of aryl methyl sites for hydroxylation is 1. The highest BCUT2D eigenvalue weighted by Crippen LogP contribution is 2.19. The van der Waals surface area contributed by atoms with Crippen molar-refractivity contribution in [2.24, 2.45) is 0 Å². The molecule has 0 saturated carbocycles. The topological polar surface area (TPSA) is 81.4 Å². The lowest BCUT2D eigenvalue weighted by Gasteiger charge is -2.23.